The van der Waals surface area contributed by atoms with E-state index in [1.165, 1.54) is 0 Å². The SMILES string of the molecule is Cc1cc(Nc2ccc[nH]2)cnc1Cl.Cl.Cl. The summed E-state index contributed by atoms with van der Waals surface area (Å²) in [6.07, 6.45) is 3.56. The van der Waals surface area contributed by atoms with Crippen LogP contribution in [0, 0.1) is 6.92 Å². The molecule has 2 aromatic rings. The standard InChI is InChI=1S/C10H10ClN3.2ClH/c1-7-5-8(6-13-10(7)11)14-9-3-2-4-12-9;;/h2-6,12,14H,1H3;2*1H. The molecule has 0 saturated heterocycles. The number of pyridine rings is 1. The van der Waals surface area contributed by atoms with E-state index in [1.54, 1.807) is 6.20 Å². The maximum Gasteiger partial charge on any atom is 0.132 e. The molecule has 0 bridgehead atoms. The first kappa shape index (κ1) is 15.1. The summed E-state index contributed by atoms with van der Waals surface area (Å²) >= 11 is 5.82. The average molecular weight is 281 g/mol. The van der Waals surface area contributed by atoms with Gasteiger partial charge in [0.2, 0.25) is 0 Å². The number of aryl methyl sites for hydroxylation is 1. The number of aromatic nitrogens is 2. The van der Waals surface area contributed by atoms with Crippen LogP contribution < -0.4 is 5.32 Å². The number of aromatic amines is 1. The van der Waals surface area contributed by atoms with Crippen LogP contribution in [0.5, 0.6) is 0 Å². The van der Waals surface area contributed by atoms with Gasteiger partial charge in [0, 0.05) is 6.20 Å². The molecule has 2 N–H and O–H groups in total. The van der Waals surface area contributed by atoms with Gasteiger partial charge in [-0.25, -0.2) is 4.98 Å². The molecule has 0 saturated carbocycles. The van der Waals surface area contributed by atoms with E-state index in [4.69, 9.17) is 11.6 Å². The Morgan fingerprint density at radius 1 is 1.38 bits per heavy atom. The molecule has 0 aromatic carbocycles. The molecule has 2 heterocycles. The summed E-state index contributed by atoms with van der Waals surface area (Å²) in [5.41, 5.74) is 1.89. The van der Waals surface area contributed by atoms with Gasteiger partial charge < -0.3 is 10.3 Å². The van der Waals surface area contributed by atoms with Gasteiger partial charge in [-0.1, -0.05) is 11.6 Å². The topological polar surface area (TPSA) is 40.7 Å². The maximum absolute atomic E-state index is 5.82. The van der Waals surface area contributed by atoms with Crippen molar-refractivity contribution in [2.24, 2.45) is 0 Å². The van der Waals surface area contributed by atoms with E-state index in [2.05, 4.69) is 15.3 Å². The van der Waals surface area contributed by atoms with Crippen LogP contribution in [0.2, 0.25) is 5.15 Å². The van der Waals surface area contributed by atoms with Crippen molar-refractivity contribution >= 4 is 47.9 Å². The molecule has 0 fully saturated rings. The molecule has 0 unspecified atom stereocenters. The monoisotopic (exact) mass is 279 g/mol. The van der Waals surface area contributed by atoms with Gasteiger partial charge >= 0.3 is 0 Å². The lowest BCUT2D eigenvalue weighted by atomic mass is 10.3. The Kier molecular flexibility index (Phi) is 6.26. The minimum atomic E-state index is 0. The number of rotatable bonds is 2. The molecule has 0 amide bonds. The van der Waals surface area contributed by atoms with Crippen molar-refractivity contribution in [3.8, 4) is 0 Å². The van der Waals surface area contributed by atoms with Crippen LogP contribution in [-0.4, -0.2) is 9.97 Å². The molecule has 0 atom stereocenters. The minimum absolute atomic E-state index is 0. The number of H-pyrrole nitrogens is 1. The zero-order chi connectivity index (χ0) is 9.97. The van der Waals surface area contributed by atoms with Crippen molar-refractivity contribution in [3.63, 3.8) is 0 Å². The molecule has 0 spiro atoms. The Hall–Kier alpha value is -0.900. The van der Waals surface area contributed by atoms with E-state index in [-0.39, 0.29) is 24.8 Å². The zero-order valence-corrected chi connectivity index (χ0v) is 10.9. The third-order valence-electron chi connectivity index (χ3n) is 1.89. The zero-order valence-electron chi connectivity index (χ0n) is 8.53. The van der Waals surface area contributed by atoms with Crippen LogP contribution >= 0.6 is 36.4 Å². The third kappa shape index (κ3) is 3.59. The number of nitrogens with zero attached hydrogens (tertiary/aromatic N) is 1. The molecular formula is C10H12Cl3N3. The van der Waals surface area contributed by atoms with Crippen molar-refractivity contribution in [2.45, 2.75) is 6.92 Å². The summed E-state index contributed by atoms with van der Waals surface area (Å²) in [6, 6.07) is 5.83. The molecule has 6 heteroatoms. The third-order valence-corrected chi connectivity index (χ3v) is 2.29. The smallest absolute Gasteiger partial charge is 0.132 e. The van der Waals surface area contributed by atoms with Crippen LogP contribution in [-0.2, 0) is 0 Å². The van der Waals surface area contributed by atoms with Crippen molar-refractivity contribution in [1.29, 1.82) is 0 Å². The lowest BCUT2D eigenvalue weighted by molar-refractivity contribution is 1.26. The lowest BCUT2D eigenvalue weighted by Gasteiger charge is -2.04. The van der Waals surface area contributed by atoms with Crippen LogP contribution in [0.15, 0.2) is 30.6 Å². The predicted octanol–water partition coefficient (Wildman–Crippen LogP) is 3.96. The second-order valence-electron chi connectivity index (χ2n) is 3.04. The normalized spacial score (nSPS) is 8.88. The molecule has 88 valence electrons. The molecule has 3 nitrogen and oxygen atoms in total. The number of hydrogen-bond acceptors (Lipinski definition) is 2. The fourth-order valence-electron chi connectivity index (χ4n) is 1.19. The van der Waals surface area contributed by atoms with Crippen molar-refractivity contribution in [3.05, 3.63) is 41.3 Å². The quantitative estimate of drug-likeness (QED) is 0.818. The first-order chi connectivity index (χ1) is 6.75. The highest BCUT2D eigenvalue weighted by atomic mass is 35.5. The summed E-state index contributed by atoms with van der Waals surface area (Å²) in [5, 5.41) is 3.72. The van der Waals surface area contributed by atoms with E-state index in [1.807, 2.05) is 31.3 Å². The van der Waals surface area contributed by atoms with Crippen molar-refractivity contribution in [1.82, 2.24) is 9.97 Å². The number of halogens is 3. The summed E-state index contributed by atoms with van der Waals surface area (Å²) in [7, 11) is 0. The number of hydrogen-bond donors (Lipinski definition) is 2. The highest BCUT2D eigenvalue weighted by molar-refractivity contribution is 6.30. The highest BCUT2D eigenvalue weighted by Crippen LogP contribution is 2.18. The van der Waals surface area contributed by atoms with Gasteiger partial charge in [-0.2, -0.15) is 0 Å². The molecule has 0 aliphatic heterocycles. The summed E-state index contributed by atoms with van der Waals surface area (Å²) < 4.78 is 0. The molecule has 0 radical (unpaired) electrons. The second kappa shape index (κ2) is 6.63. The summed E-state index contributed by atoms with van der Waals surface area (Å²) in [6.45, 7) is 1.93. The van der Waals surface area contributed by atoms with Crippen molar-refractivity contribution in [2.75, 3.05) is 5.32 Å². The van der Waals surface area contributed by atoms with Gasteiger partial charge in [-0.3, -0.25) is 0 Å². The summed E-state index contributed by atoms with van der Waals surface area (Å²) in [5.74, 6) is 0.938. The van der Waals surface area contributed by atoms with E-state index < -0.39 is 0 Å². The number of anilines is 2. The predicted molar refractivity (Wildman–Crippen MR) is 72.6 cm³/mol. The van der Waals surface area contributed by atoms with Gasteiger partial charge in [0.25, 0.3) is 0 Å². The highest BCUT2D eigenvalue weighted by Gasteiger charge is 1.99. The van der Waals surface area contributed by atoms with Gasteiger partial charge in [0.05, 0.1) is 11.9 Å². The van der Waals surface area contributed by atoms with Gasteiger partial charge in [-0.15, -0.1) is 24.8 Å². The van der Waals surface area contributed by atoms with E-state index in [9.17, 15) is 0 Å². The van der Waals surface area contributed by atoms with Gasteiger partial charge in [0.15, 0.2) is 0 Å². The van der Waals surface area contributed by atoms with Gasteiger partial charge in [0.1, 0.15) is 11.0 Å². The molecule has 2 rings (SSSR count). The lowest BCUT2D eigenvalue weighted by Crippen LogP contribution is -1.92. The summed E-state index contributed by atoms with van der Waals surface area (Å²) in [4.78, 5) is 7.10. The Morgan fingerprint density at radius 2 is 2.12 bits per heavy atom. The van der Waals surface area contributed by atoms with E-state index >= 15 is 0 Å². The van der Waals surface area contributed by atoms with Gasteiger partial charge in [-0.05, 0) is 30.7 Å². The Balaban J connectivity index is 0.00000112. The number of nitrogens with one attached hydrogen (secondary N) is 2. The van der Waals surface area contributed by atoms with E-state index in [0.29, 0.717) is 5.15 Å². The minimum Gasteiger partial charge on any atom is -0.348 e. The van der Waals surface area contributed by atoms with Crippen LogP contribution in [0.25, 0.3) is 0 Å². The first-order valence-corrected chi connectivity index (χ1v) is 4.66. The van der Waals surface area contributed by atoms with E-state index in [0.717, 1.165) is 17.1 Å². The Bertz CT molecular complexity index is 429. The Labute approximate surface area is 111 Å². The molecular weight excluding hydrogens is 268 g/mol. The largest absolute Gasteiger partial charge is 0.348 e. The Morgan fingerprint density at radius 3 is 2.69 bits per heavy atom. The van der Waals surface area contributed by atoms with Crippen LogP contribution in [0.4, 0.5) is 11.5 Å². The fraction of sp³-hybridized carbons (Fsp3) is 0.100. The second-order valence-corrected chi connectivity index (χ2v) is 3.40. The molecule has 0 aliphatic rings. The van der Waals surface area contributed by atoms with Crippen LogP contribution in [0.1, 0.15) is 5.56 Å². The first-order valence-electron chi connectivity index (χ1n) is 4.28. The van der Waals surface area contributed by atoms with Crippen molar-refractivity contribution < 1.29 is 0 Å². The molecule has 16 heavy (non-hydrogen) atoms. The molecule has 0 aliphatic carbocycles. The molecule has 2 aromatic heterocycles. The maximum atomic E-state index is 5.82. The average Bonchev–Trinajstić information content (AvgIpc) is 2.64. The fourth-order valence-corrected chi connectivity index (χ4v) is 1.29. The van der Waals surface area contributed by atoms with Crippen LogP contribution in [0.3, 0.4) is 0 Å².